The van der Waals surface area contributed by atoms with Gasteiger partial charge in [0.25, 0.3) is 0 Å². The maximum Gasteiger partial charge on any atom is 0.124 e. The topological polar surface area (TPSA) is 30.5 Å². The van der Waals surface area contributed by atoms with Crippen LogP contribution >= 0.6 is 0 Å². The number of hydrogen-bond donors (Lipinski definition) is 1. The fraction of sp³-hybridized carbons (Fsp3) is 0.538. The Labute approximate surface area is 96.8 Å². The molecule has 0 spiro atoms. The van der Waals surface area contributed by atoms with E-state index in [-0.39, 0.29) is 0 Å². The first-order valence-corrected chi connectivity index (χ1v) is 5.63. The van der Waals surface area contributed by atoms with Gasteiger partial charge in [-0.15, -0.1) is 0 Å². The van der Waals surface area contributed by atoms with Crippen LogP contribution in [0.25, 0.3) is 0 Å². The number of aryl methyl sites for hydroxylation is 1. The molecule has 1 saturated heterocycles. The molecule has 3 nitrogen and oxygen atoms in total. The number of nitrogens with one attached hydrogen (secondary N) is 1. The Morgan fingerprint density at radius 1 is 1.19 bits per heavy atom. The van der Waals surface area contributed by atoms with Crippen molar-refractivity contribution in [2.24, 2.45) is 5.92 Å². The van der Waals surface area contributed by atoms with Crippen LogP contribution in [0.3, 0.4) is 0 Å². The van der Waals surface area contributed by atoms with Crippen LogP contribution in [0.15, 0.2) is 12.1 Å². The van der Waals surface area contributed by atoms with Crippen LogP contribution in [0, 0.1) is 12.8 Å². The number of ether oxygens (including phenoxy) is 2. The van der Waals surface area contributed by atoms with Crippen molar-refractivity contribution in [1.82, 2.24) is 5.32 Å². The Kier molecular flexibility index (Phi) is 3.06. The number of hydrogen-bond acceptors (Lipinski definition) is 3. The predicted molar refractivity (Wildman–Crippen MR) is 64.2 cm³/mol. The second-order valence-corrected chi connectivity index (χ2v) is 4.43. The average Bonchev–Trinajstić information content (AvgIpc) is 2.28. The standard InChI is InChI=1S/C13H19NO2/c1-8-5-12(16-4)10(6-11(8)15-3)13-9(2)7-14-13/h5-6,9,13-14H,7H2,1-4H3. The molecule has 1 aromatic carbocycles. The predicted octanol–water partition coefficient (Wildman–Crippen LogP) is 2.29. The largest absolute Gasteiger partial charge is 0.496 e. The fourth-order valence-electron chi connectivity index (χ4n) is 2.20. The highest BCUT2D eigenvalue weighted by molar-refractivity contribution is 5.48. The van der Waals surface area contributed by atoms with Crippen LogP contribution in [0.5, 0.6) is 11.5 Å². The van der Waals surface area contributed by atoms with Crippen molar-refractivity contribution >= 4 is 0 Å². The monoisotopic (exact) mass is 221 g/mol. The first-order valence-electron chi connectivity index (χ1n) is 5.63. The maximum atomic E-state index is 5.44. The highest BCUT2D eigenvalue weighted by atomic mass is 16.5. The summed E-state index contributed by atoms with van der Waals surface area (Å²) in [6.45, 7) is 5.35. The Morgan fingerprint density at radius 2 is 1.88 bits per heavy atom. The summed E-state index contributed by atoms with van der Waals surface area (Å²) in [5.74, 6) is 2.53. The zero-order chi connectivity index (χ0) is 11.7. The summed E-state index contributed by atoms with van der Waals surface area (Å²) in [6, 6.07) is 4.52. The third-order valence-corrected chi connectivity index (χ3v) is 3.31. The van der Waals surface area contributed by atoms with Crippen LogP contribution in [-0.2, 0) is 0 Å². The first kappa shape index (κ1) is 11.3. The van der Waals surface area contributed by atoms with Crippen molar-refractivity contribution in [1.29, 1.82) is 0 Å². The van der Waals surface area contributed by atoms with Crippen LogP contribution in [0.2, 0.25) is 0 Å². The SMILES string of the molecule is COc1cc(C2NCC2C)c(OC)cc1C. The van der Waals surface area contributed by atoms with E-state index in [0.717, 1.165) is 23.6 Å². The summed E-state index contributed by atoms with van der Waals surface area (Å²) in [4.78, 5) is 0. The zero-order valence-electron chi connectivity index (χ0n) is 10.3. The lowest BCUT2D eigenvalue weighted by Gasteiger charge is -2.37. The van der Waals surface area contributed by atoms with Gasteiger partial charge in [0.2, 0.25) is 0 Å². The highest BCUT2D eigenvalue weighted by Gasteiger charge is 2.30. The van der Waals surface area contributed by atoms with Crippen LogP contribution in [0.1, 0.15) is 24.1 Å². The molecule has 0 radical (unpaired) electrons. The summed E-state index contributed by atoms with van der Waals surface area (Å²) >= 11 is 0. The molecule has 2 unspecified atom stereocenters. The second-order valence-electron chi connectivity index (χ2n) is 4.43. The minimum absolute atomic E-state index is 0.393. The summed E-state index contributed by atoms with van der Waals surface area (Å²) in [7, 11) is 3.42. The number of benzene rings is 1. The van der Waals surface area contributed by atoms with E-state index in [1.165, 1.54) is 5.56 Å². The maximum absolute atomic E-state index is 5.44. The summed E-state index contributed by atoms with van der Waals surface area (Å²) < 4.78 is 10.8. The minimum Gasteiger partial charge on any atom is -0.496 e. The van der Waals surface area contributed by atoms with Crippen LogP contribution in [0.4, 0.5) is 0 Å². The van der Waals surface area contributed by atoms with Gasteiger partial charge in [0.15, 0.2) is 0 Å². The molecule has 1 aromatic rings. The molecule has 0 amide bonds. The lowest BCUT2D eigenvalue weighted by atomic mass is 9.86. The van der Waals surface area contributed by atoms with Crippen molar-refractivity contribution < 1.29 is 9.47 Å². The third kappa shape index (κ3) is 1.76. The van der Waals surface area contributed by atoms with Gasteiger partial charge in [-0.05, 0) is 30.5 Å². The van der Waals surface area contributed by atoms with Crippen molar-refractivity contribution in [3.63, 3.8) is 0 Å². The quantitative estimate of drug-likeness (QED) is 0.849. The number of methoxy groups -OCH3 is 2. The van der Waals surface area contributed by atoms with E-state index in [4.69, 9.17) is 9.47 Å². The van der Waals surface area contributed by atoms with E-state index in [1.807, 2.05) is 13.0 Å². The molecule has 16 heavy (non-hydrogen) atoms. The van der Waals surface area contributed by atoms with E-state index in [0.29, 0.717) is 12.0 Å². The summed E-state index contributed by atoms with van der Waals surface area (Å²) in [5.41, 5.74) is 2.30. The van der Waals surface area contributed by atoms with Gasteiger partial charge in [0, 0.05) is 18.2 Å². The van der Waals surface area contributed by atoms with Gasteiger partial charge < -0.3 is 14.8 Å². The van der Waals surface area contributed by atoms with Gasteiger partial charge >= 0.3 is 0 Å². The lowest BCUT2D eigenvalue weighted by molar-refractivity contribution is 0.249. The Balaban J connectivity index is 2.41. The third-order valence-electron chi connectivity index (χ3n) is 3.31. The molecule has 0 aliphatic carbocycles. The van der Waals surface area contributed by atoms with E-state index in [2.05, 4.69) is 18.3 Å². The van der Waals surface area contributed by atoms with Gasteiger partial charge in [-0.1, -0.05) is 6.92 Å². The van der Waals surface area contributed by atoms with Crippen LogP contribution in [-0.4, -0.2) is 20.8 Å². The van der Waals surface area contributed by atoms with Crippen molar-refractivity contribution in [2.45, 2.75) is 19.9 Å². The van der Waals surface area contributed by atoms with Crippen LogP contribution < -0.4 is 14.8 Å². The molecular formula is C13H19NO2. The van der Waals surface area contributed by atoms with Gasteiger partial charge in [-0.3, -0.25) is 0 Å². The molecular weight excluding hydrogens is 202 g/mol. The van der Waals surface area contributed by atoms with E-state index in [1.54, 1.807) is 14.2 Å². The average molecular weight is 221 g/mol. The number of rotatable bonds is 3. The van der Waals surface area contributed by atoms with E-state index >= 15 is 0 Å². The molecule has 2 atom stereocenters. The second kappa shape index (κ2) is 4.34. The summed E-state index contributed by atoms with van der Waals surface area (Å²) in [5, 5.41) is 3.42. The molecule has 1 aliphatic rings. The minimum atomic E-state index is 0.393. The fourth-order valence-corrected chi connectivity index (χ4v) is 2.20. The highest BCUT2D eigenvalue weighted by Crippen LogP contribution is 2.38. The van der Waals surface area contributed by atoms with E-state index < -0.39 is 0 Å². The Hall–Kier alpha value is -1.22. The Bertz CT molecular complexity index is 390. The zero-order valence-corrected chi connectivity index (χ0v) is 10.3. The molecule has 0 aromatic heterocycles. The summed E-state index contributed by atoms with van der Waals surface area (Å²) in [6.07, 6.45) is 0. The van der Waals surface area contributed by atoms with Crippen molar-refractivity contribution in [3.8, 4) is 11.5 Å². The molecule has 1 aliphatic heterocycles. The van der Waals surface area contributed by atoms with E-state index in [9.17, 15) is 0 Å². The molecule has 1 heterocycles. The van der Waals surface area contributed by atoms with Gasteiger partial charge in [-0.2, -0.15) is 0 Å². The molecule has 2 rings (SSSR count). The molecule has 1 N–H and O–H groups in total. The van der Waals surface area contributed by atoms with Crippen molar-refractivity contribution in [3.05, 3.63) is 23.3 Å². The molecule has 3 heteroatoms. The van der Waals surface area contributed by atoms with Gasteiger partial charge in [-0.25, -0.2) is 0 Å². The Morgan fingerprint density at radius 3 is 2.31 bits per heavy atom. The van der Waals surface area contributed by atoms with Gasteiger partial charge in [0.05, 0.1) is 14.2 Å². The lowest BCUT2D eigenvalue weighted by Crippen LogP contribution is -2.44. The van der Waals surface area contributed by atoms with Crippen molar-refractivity contribution in [2.75, 3.05) is 20.8 Å². The first-order chi connectivity index (χ1) is 7.67. The van der Waals surface area contributed by atoms with Gasteiger partial charge in [0.1, 0.15) is 11.5 Å². The molecule has 88 valence electrons. The normalized spacial score (nSPS) is 23.8. The molecule has 1 fully saturated rings. The smallest absolute Gasteiger partial charge is 0.124 e. The molecule has 0 saturated carbocycles. The molecule has 0 bridgehead atoms.